The van der Waals surface area contributed by atoms with Gasteiger partial charge in [0.1, 0.15) is 19.3 Å². The van der Waals surface area contributed by atoms with Crippen molar-refractivity contribution in [3.63, 3.8) is 0 Å². The van der Waals surface area contributed by atoms with Gasteiger partial charge >= 0.3 is 18.0 Å². The highest BCUT2D eigenvalue weighted by molar-refractivity contribution is 5.80. The van der Waals surface area contributed by atoms with Gasteiger partial charge in [0.2, 0.25) is 5.75 Å². The van der Waals surface area contributed by atoms with Gasteiger partial charge in [-0.15, -0.1) is 0 Å². The van der Waals surface area contributed by atoms with E-state index < -0.39 is 48.4 Å². The lowest BCUT2D eigenvalue weighted by atomic mass is 9.66. The maximum atomic E-state index is 13.4. The van der Waals surface area contributed by atoms with Crippen LogP contribution >= 0.6 is 0 Å². The van der Waals surface area contributed by atoms with Gasteiger partial charge in [-0.3, -0.25) is 9.59 Å². The molecule has 0 radical (unpaired) electrons. The molecule has 12 heteroatoms. The molecule has 238 valence electrons. The summed E-state index contributed by atoms with van der Waals surface area (Å²) in [4.78, 5) is 38.8. The minimum atomic E-state index is -0.899. The van der Waals surface area contributed by atoms with Crippen LogP contribution in [0.1, 0.15) is 34.3 Å². The van der Waals surface area contributed by atoms with E-state index in [1.165, 1.54) is 35.5 Å². The number of ether oxygens (including phenoxy) is 8. The van der Waals surface area contributed by atoms with Crippen molar-refractivity contribution in [3.05, 3.63) is 76.9 Å². The van der Waals surface area contributed by atoms with E-state index in [1.54, 1.807) is 24.3 Å². The lowest BCUT2D eigenvalue weighted by Crippen LogP contribution is -2.38. The van der Waals surface area contributed by atoms with Crippen molar-refractivity contribution in [1.82, 2.24) is 5.32 Å². The van der Waals surface area contributed by atoms with Crippen molar-refractivity contribution in [3.8, 4) is 28.7 Å². The van der Waals surface area contributed by atoms with Crippen LogP contribution < -0.4 is 29.0 Å². The zero-order valence-corrected chi connectivity index (χ0v) is 25.6. The summed E-state index contributed by atoms with van der Waals surface area (Å²) in [6, 6.07) is 16.2. The van der Waals surface area contributed by atoms with E-state index in [9.17, 15) is 14.4 Å². The Morgan fingerprint density at radius 3 is 2.04 bits per heavy atom. The second kappa shape index (κ2) is 13.7. The van der Waals surface area contributed by atoms with Crippen molar-refractivity contribution in [1.29, 1.82) is 0 Å². The molecule has 5 rings (SSSR count). The first kappa shape index (κ1) is 31.3. The summed E-state index contributed by atoms with van der Waals surface area (Å²) in [5.41, 5.74) is 2.76. The summed E-state index contributed by atoms with van der Waals surface area (Å²) >= 11 is 0. The molecule has 1 heterocycles. The van der Waals surface area contributed by atoms with Crippen LogP contribution in [0, 0.1) is 11.8 Å². The van der Waals surface area contributed by atoms with Gasteiger partial charge in [0.25, 0.3) is 0 Å². The van der Waals surface area contributed by atoms with E-state index in [-0.39, 0.29) is 13.2 Å². The zero-order chi connectivity index (χ0) is 32.1. The lowest BCUT2D eigenvalue weighted by Gasteiger charge is -2.39. The summed E-state index contributed by atoms with van der Waals surface area (Å²) in [5, 5.41) is 2.43. The summed E-state index contributed by atoms with van der Waals surface area (Å²) in [6.45, 7) is -0.386. The SMILES string of the molecule is COc1cc2c(cc1OC)[C@@H](OC(=O)CNC(=O)OCc1ccccc1)[C@H]1COC(=O)[C@@H]1[C@@H]2c1cc(OC)c(OC)c(OC)c1. The molecule has 45 heavy (non-hydrogen) atoms. The summed E-state index contributed by atoms with van der Waals surface area (Å²) in [5.74, 6) is -0.954. The Morgan fingerprint density at radius 2 is 1.44 bits per heavy atom. The Morgan fingerprint density at radius 1 is 0.822 bits per heavy atom. The van der Waals surface area contributed by atoms with Crippen LogP contribution in [0.2, 0.25) is 0 Å². The van der Waals surface area contributed by atoms with Gasteiger partial charge < -0.3 is 43.2 Å². The van der Waals surface area contributed by atoms with E-state index in [1.807, 2.05) is 30.3 Å². The lowest BCUT2D eigenvalue weighted by molar-refractivity contribution is -0.153. The third-order valence-electron chi connectivity index (χ3n) is 8.02. The topological polar surface area (TPSA) is 137 Å². The minimum absolute atomic E-state index is 0.0166. The zero-order valence-electron chi connectivity index (χ0n) is 25.6. The molecule has 1 amide bonds. The predicted octanol–water partition coefficient (Wildman–Crippen LogP) is 4.18. The number of rotatable bonds is 11. The third kappa shape index (κ3) is 6.26. The molecule has 0 unspecified atom stereocenters. The van der Waals surface area contributed by atoms with E-state index in [0.29, 0.717) is 45.4 Å². The summed E-state index contributed by atoms with van der Waals surface area (Å²) in [6.07, 6.45) is -1.67. The van der Waals surface area contributed by atoms with E-state index in [2.05, 4.69) is 5.32 Å². The molecule has 1 fully saturated rings. The molecule has 2 aliphatic rings. The number of cyclic esters (lactones) is 1. The molecule has 0 spiro atoms. The predicted molar refractivity (Wildman–Crippen MR) is 159 cm³/mol. The number of methoxy groups -OCH3 is 5. The fourth-order valence-corrected chi connectivity index (χ4v) is 5.98. The van der Waals surface area contributed by atoms with Crippen LogP contribution in [0.4, 0.5) is 4.79 Å². The quantitative estimate of drug-likeness (QED) is 0.244. The Labute approximate surface area is 260 Å². The molecule has 3 aromatic carbocycles. The molecule has 1 aliphatic carbocycles. The van der Waals surface area contributed by atoms with Gasteiger partial charge in [0, 0.05) is 17.4 Å². The van der Waals surface area contributed by atoms with Crippen molar-refractivity contribution in [2.24, 2.45) is 11.8 Å². The number of benzene rings is 3. The maximum Gasteiger partial charge on any atom is 0.407 e. The second-order valence-corrected chi connectivity index (χ2v) is 10.4. The Kier molecular flexibility index (Phi) is 9.50. The highest BCUT2D eigenvalue weighted by Gasteiger charge is 2.54. The Bertz CT molecular complexity index is 1530. The number of carbonyl (C=O) groups is 3. The normalized spacial score (nSPS) is 19.7. The average molecular weight is 622 g/mol. The highest BCUT2D eigenvalue weighted by Crippen LogP contribution is 2.56. The number of hydrogen-bond donors (Lipinski definition) is 1. The molecule has 1 saturated heterocycles. The highest BCUT2D eigenvalue weighted by atomic mass is 16.6. The van der Waals surface area contributed by atoms with Crippen molar-refractivity contribution < 1.29 is 52.3 Å². The number of alkyl carbamates (subject to hydrolysis) is 1. The maximum absolute atomic E-state index is 13.4. The number of hydrogen-bond acceptors (Lipinski definition) is 11. The standard InChI is InChI=1S/C33H35NO11/c1-38-23-13-20-21(14-24(23)39-2)30(45-27(35)15-34-33(37)44-16-18-9-7-6-8-10-18)22-17-43-32(36)29(22)28(20)19-11-25(40-3)31(42-5)26(12-19)41-4/h6-14,22,28-30H,15-17H2,1-5H3,(H,34,37)/t22-,28+,29-,30+/m0/s1. The molecule has 3 aromatic rings. The minimum Gasteiger partial charge on any atom is -0.493 e. The molecular formula is C33H35NO11. The van der Waals surface area contributed by atoms with Gasteiger partial charge in [-0.2, -0.15) is 0 Å². The van der Waals surface area contributed by atoms with Crippen LogP contribution in [0.3, 0.4) is 0 Å². The van der Waals surface area contributed by atoms with Crippen molar-refractivity contribution >= 4 is 18.0 Å². The molecule has 0 aromatic heterocycles. The fourth-order valence-electron chi connectivity index (χ4n) is 5.98. The van der Waals surface area contributed by atoms with Crippen molar-refractivity contribution in [2.75, 3.05) is 48.7 Å². The summed E-state index contributed by atoms with van der Waals surface area (Å²) < 4.78 is 44.6. The van der Waals surface area contributed by atoms with Crippen LogP contribution in [-0.4, -0.2) is 66.7 Å². The Hall–Kier alpha value is -5.13. The van der Waals surface area contributed by atoms with Crippen LogP contribution in [0.15, 0.2) is 54.6 Å². The van der Waals surface area contributed by atoms with Gasteiger partial charge in [0.05, 0.1) is 48.1 Å². The molecule has 4 atom stereocenters. The largest absolute Gasteiger partial charge is 0.493 e. The van der Waals surface area contributed by atoms with Gasteiger partial charge in [0.15, 0.2) is 23.0 Å². The monoisotopic (exact) mass is 621 g/mol. The second-order valence-electron chi connectivity index (χ2n) is 10.4. The smallest absolute Gasteiger partial charge is 0.407 e. The van der Waals surface area contributed by atoms with Gasteiger partial charge in [-0.25, -0.2) is 4.79 Å². The molecule has 0 saturated carbocycles. The third-order valence-corrected chi connectivity index (χ3v) is 8.02. The molecule has 0 bridgehead atoms. The van der Waals surface area contributed by atoms with Gasteiger partial charge in [-0.1, -0.05) is 30.3 Å². The van der Waals surface area contributed by atoms with Crippen LogP contribution in [-0.2, 0) is 30.4 Å². The van der Waals surface area contributed by atoms with E-state index in [0.717, 1.165) is 5.56 Å². The number of nitrogens with one attached hydrogen (secondary N) is 1. The van der Waals surface area contributed by atoms with Crippen LogP contribution in [0.25, 0.3) is 0 Å². The number of carbonyl (C=O) groups excluding carboxylic acids is 3. The van der Waals surface area contributed by atoms with Crippen molar-refractivity contribution in [2.45, 2.75) is 18.6 Å². The summed E-state index contributed by atoms with van der Waals surface area (Å²) in [7, 11) is 7.54. The average Bonchev–Trinajstić information content (AvgIpc) is 3.46. The first-order valence-corrected chi connectivity index (χ1v) is 14.2. The first-order chi connectivity index (χ1) is 21.8. The molecule has 12 nitrogen and oxygen atoms in total. The molecule has 1 aliphatic heterocycles. The van der Waals surface area contributed by atoms with Crippen LogP contribution in [0.5, 0.6) is 28.7 Å². The number of esters is 2. The Balaban J connectivity index is 1.48. The molecule has 1 N–H and O–H groups in total. The van der Waals surface area contributed by atoms with E-state index >= 15 is 0 Å². The first-order valence-electron chi connectivity index (χ1n) is 14.2. The van der Waals surface area contributed by atoms with E-state index in [4.69, 9.17) is 37.9 Å². The number of fused-ring (bicyclic) bond motifs is 2. The fraction of sp³-hybridized carbons (Fsp3) is 0.364. The van der Waals surface area contributed by atoms with Gasteiger partial charge in [-0.05, 0) is 41.0 Å². The number of amides is 1. The molecular weight excluding hydrogens is 586 g/mol.